The molecule has 1 N–H and O–H groups in total. The minimum Gasteiger partial charge on any atom is -0.338 e. The van der Waals surface area contributed by atoms with Crippen molar-refractivity contribution in [1.82, 2.24) is 20.0 Å². The summed E-state index contributed by atoms with van der Waals surface area (Å²) in [4.78, 5) is 13.6. The van der Waals surface area contributed by atoms with E-state index >= 15 is 0 Å². The van der Waals surface area contributed by atoms with E-state index in [1.807, 2.05) is 61.3 Å². The van der Waals surface area contributed by atoms with Crippen molar-refractivity contribution in [2.45, 2.75) is 20.3 Å². The first kappa shape index (κ1) is 15.1. The van der Waals surface area contributed by atoms with Crippen molar-refractivity contribution in [3.05, 3.63) is 48.3 Å². The standard InChI is InChI=1S/C16H22N4O/c1-3-19(4-2)16(21)17-11-10-14-12-18-20(13-14)15-8-6-5-7-9-15/h5-9,12-13H,3-4,10-11H2,1-2H3,(H,17,21). The summed E-state index contributed by atoms with van der Waals surface area (Å²) in [6, 6.07) is 9.98. The molecule has 0 aliphatic rings. The Morgan fingerprint density at radius 3 is 2.62 bits per heavy atom. The Hall–Kier alpha value is -2.30. The molecule has 0 saturated carbocycles. The fourth-order valence-electron chi connectivity index (χ4n) is 2.15. The molecule has 2 amide bonds. The zero-order valence-corrected chi connectivity index (χ0v) is 12.6. The van der Waals surface area contributed by atoms with Gasteiger partial charge in [0.2, 0.25) is 0 Å². The zero-order valence-electron chi connectivity index (χ0n) is 12.6. The fraction of sp³-hybridized carbons (Fsp3) is 0.375. The van der Waals surface area contributed by atoms with Gasteiger partial charge in [-0.2, -0.15) is 5.10 Å². The molecule has 0 bridgehead atoms. The van der Waals surface area contributed by atoms with Crippen LogP contribution in [0.3, 0.4) is 0 Å². The van der Waals surface area contributed by atoms with Gasteiger partial charge in [0.25, 0.3) is 0 Å². The third-order valence-corrected chi connectivity index (χ3v) is 3.40. The van der Waals surface area contributed by atoms with Crippen LogP contribution in [0.5, 0.6) is 0 Å². The lowest BCUT2D eigenvalue weighted by atomic mass is 10.2. The van der Waals surface area contributed by atoms with Gasteiger partial charge < -0.3 is 10.2 Å². The summed E-state index contributed by atoms with van der Waals surface area (Å²) in [5.74, 6) is 0. The third kappa shape index (κ3) is 4.08. The molecule has 5 nitrogen and oxygen atoms in total. The van der Waals surface area contributed by atoms with Crippen molar-refractivity contribution in [3.63, 3.8) is 0 Å². The molecule has 1 aromatic carbocycles. The van der Waals surface area contributed by atoms with E-state index in [1.54, 1.807) is 4.90 Å². The summed E-state index contributed by atoms with van der Waals surface area (Å²) < 4.78 is 1.85. The molecule has 0 fully saturated rings. The molecule has 1 heterocycles. The van der Waals surface area contributed by atoms with Crippen molar-refractivity contribution in [2.75, 3.05) is 19.6 Å². The Bertz CT molecular complexity index is 561. The lowest BCUT2D eigenvalue weighted by molar-refractivity contribution is 0.203. The van der Waals surface area contributed by atoms with Gasteiger partial charge in [-0.1, -0.05) is 18.2 Å². The van der Waals surface area contributed by atoms with E-state index in [4.69, 9.17) is 0 Å². The maximum Gasteiger partial charge on any atom is 0.317 e. The van der Waals surface area contributed by atoms with E-state index in [9.17, 15) is 4.79 Å². The van der Waals surface area contributed by atoms with Gasteiger partial charge in [0.15, 0.2) is 0 Å². The number of urea groups is 1. The molecule has 0 spiro atoms. The number of nitrogens with zero attached hydrogens (tertiary/aromatic N) is 3. The van der Waals surface area contributed by atoms with E-state index in [0.29, 0.717) is 6.54 Å². The number of hydrogen-bond acceptors (Lipinski definition) is 2. The van der Waals surface area contributed by atoms with Crippen LogP contribution in [0.1, 0.15) is 19.4 Å². The SMILES string of the molecule is CCN(CC)C(=O)NCCc1cnn(-c2ccccc2)c1. The van der Waals surface area contributed by atoms with E-state index in [-0.39, 0.29) is 6.03 Å². The molecule has 0 unspecified atom stereocenters. The number of benzene rings is 1. The number of para-hydroxylation sites is 1. The van der Waals surface area contributed by atoms with E-state index in [0.717, 1.165) is 30.8 Å². The number of hydrogen-bond donors (Lipinski definition) is 1. The Morgan fingerprint density at radius 2 is 1.95 bits per heavy atom. The van der Waals surface area contributed by atoms with Gasteiger partial charge in [0.1, 0.15) is 0 Å². The van der Waals surface area contributed by atoms with Crippen LogP contribution in [0, 0.1) is 0 Å². The first-order valence-corrected chi connectivity index (χ1v) is 7.36. The van der Waals surface area contributed by atoms with E-state index < -0.39 is 0 Å². The van der Waals surface area contributed by atoms with Crippen LogP contribution in [-0.4, -0.2) is 40.3 Å². The van der Waals surface area contributed by atoms with Crippen molar-refractivity contribution >= 4 is 6.03 Å². The molecule has 0 saturated heterocycles. The fourth-order valence-corrected chi connectivity index (χ4v) is 2.15. The van der Waals surface area contributed by atoms with Crippen LogP contribution in [-0.2, 0) is 6.42 Å². The Balaban J connectivity index is 1.85. The third-order valence-electron chi connectivity index (χ3n) is 3.40. The van der Waals surface area contributed by atoms with Gasteiger partial charge in [0, 0.05) is 25.8 Å². The van der Waals surface area contributed by atoms with Gasteiger partial charge in [-0.3, -0.25) is 0 Å². The van der Waals surface area contributed by atoms with Gasteiger partial charge in [-0.25, -0.2) is 9.48 Å². The van der Waals surface area contributed by atoms with Crippen molar-refractivity contribution < 1.29 is 4.79 Å². The highest BCUT2D eigenvalue weighted by atomic mass is 16.2. The normalized spacial score (nSPS) is 10.4. The highest BCUT2D eigenvalue weighted by molar-refractivity contribution is 5.74. The molecule has 2 rings (SSSR count). The van der Waals surface area contributed by atoms with E-state index in [2.05, 4.69) is 10.4 Å². The number of amides is 2. The molecule has 5 heteroatoms. The lowest BCUT2D eigenvalue weighted by Crippen LogP contribution is -2.40. The van der Waals surface area contributed by atoms with Gasteiger partial charge in [-0.05, 0) is 38.0 Å². The molecule has 1 aromatic heterocycles. The number of aromatic nitrogens is 2. The van der Waals surface area contributed by atoms with Crippen molar-refractivity contribution in [2.24, 2.45) is 0 Å². The van der Waals surface area contributed by atoms with Gasteiger partial charge in [-0.15, -0.1) is 0 Å². The zero-order chi connectivity index (χ0) is 15.1. The largest absolute Gasteiger partial charge is 0.338 e. The maximum absolute atomic E-state index is 11.8. The second kappa shape index (κ2) is 7.47. The van der Waals surface area contributed by atoms with Crippen LogP contribution in [0.15, 0.2) is 42.7 Å². The average molecular weight is 286 g/mol. The molecular formula is C16H22N4O. The minimum absolute atomic E-state index is 0.00421. The lowest BCUT2D eigenvalue weighted by Gasteiger charge is -2.18. The summed E-state index contributed by atoms with van der Waals surface area (Å²) >= 11 is 0. The van der Waals surface area contributed by atoms with E-state index in [1.165, 1.54) is 0 Å². The first-order valence-electron chi connectivity index (χ1n) is 7.36. The first-order chi connectivity index (χ1) is 10.2. The Morgan fingerprint density at radius 1 is 1.24 bits per heavy atom. The summed E-state index contributed by atoms with van der Waals surface area (Å²) in [7, 11) is 0. The number of rotatable bonds is 6. The van der Waals surface area contributed by atoms with Gasteiger partial charge >= 0.3 is 6.03 Å². The summed E-state index contributed by atoms with van der Waals surface area (Å²) in [6.07, 6.45) is 4.62. The average Bonchev–Trinajstić information content (AvgIpc) is 2.98. The van der Waals surface area contributed by atoms with Gasteiger partial charge in [0.05, 0.1) is 11.9 Å². The van der Waals surface area contributed by atoms with Crippen LogP contribution >= 0.6 is 0 Å². The van der Waals surface area contributed by atoms with Crippen molar-refractivity contribution in [1.29, 1.82) is 0 Å². The quantitative estimate of drug-likeness (QED) is 0.887. The smallest absolute Gasteiger partial charge is 0.317 e. The molecule has 112 valence electrons. The Labute approximate surface area is 125 Å². The highest BCUT2D eigenvalue weighted by Gasteiger charge is 2.08. The summed E-state index contributed by atoms with van der Waals surface area (Å²) in [6.45, 7) is 6.04. The van der Waals surface area contributed by atoms with Crippen LogP contribution in [0.2, 0.25) is 0 Å². The second-order valence-corrected chi connectivity index (χ2v) is 4.78. The molecule has 0 atom stereocenters. The molecule has 0 aliphatic heterocycles. The summed E-state index contributed by atoms with van der Waals surface area (Å²) in [5, 5.41) is 7.28. The molecular weight excluding hydrogens is 264 g/mol. The predicted molar refractivity (Wildman–Crippen MR) is 83.6 cm³/mol. The minimum atomic E-state index is -0.00421. The maximum atomic E-state index is 11.8. The van der Waals surface area contributed by atoms with Crippen LogP contribution in [0.4, 0.5) is 4.79 Å². The number of nitrogens with one attached hydrogen (secondary N) is 1. The predicted octanol–water partition coefficient (Wildman–Crippen LogP) is 2.47. The highest BCUT2D eigenvalue weighted by Crippen LogP contribution is 2.07. The Kier molecular flexibility index (Phi) is 5.37. The second-order valence-electron chi connectivity index (χ2n) is 4.78. The molecule has 2 aromatic rings. The monoisotopic (exact) mass is 286 g/mol. The van der Waals surface area contributed by atoms with Crippen molar-refractivity contribution in [3.8, 4) is 5.69 Å². The molecule has 0 radical (unpaired) electrons. The summed E-state index contributed by atoms with van der Waals surface area (Å²) in [5.41, 5.74) is 2.15. The topological polar surface area (TPSA) is 50.2 Å². The van der Waals surface area contributed by atoms with Crippen LogP contribution < -0.4 is 5.32 Å². The van der Waals surface area contributed by atoms with Crippen LogP contribution in [0.25, 0.3) is 5.69 Å². The number of carbonyl (C=O) groups is 1. The molecule has 21 heavy (non-hydrogen) atoms. The number of carbonyl (C=O) groups excluding carboxylic acids is 1. The molecule has 0 aliphatic carbocycles.